The Morgan fingerprint density at radius 1 is 0.909 bits per heavy atom. The Labute approximate surface area is 130 Å². The number of nitrogens with zero attached hydrogens (tertiary/aromatic N) is 2. The van der Waals surface area contributed by atoms with Crippen molar-refractivity contribution in [3.63, 3.8) is 0 Å². The van der Waals surface area contributed by atoms with Gasteiger partial charge < -0.3 is 15.2 Å². The normalized spacial score (nSPS) is 11.6. The Morgan fingerprint density at radius 3 is 1.59 bits per heavy atom. The largest absolute Gasteiger partial charge is 0.497 e. The van der Waals surface area contributed by atoms with Crippen molar-refractivity contribution >= 4 is 17.7 Å². The zero-order valence-corrected chi connectivity index (χ0v) is 13.0. The molecule has 2 aromatic rings. The van der Waals surface area contributed by atoms with Crippen LogP contribution in [0.3, 0.4) is 0 Å². The van der Waals surface area contributed by atoms with E-state index in [0.717, 1.165) is 22.9 Å². The molecule has 2 aromatic carbocycles. The Balaban J connectivity index is 2.54. The maximum Gasteiger partial charge on any atom is 0.184 e. The molecule has 0 unspecified atom stereocenters. The van der Waals surface area contributed by atoms with Crippen LogP contribution in [0.1, 0.15) is 0 Å². The van der Waals surface area contributed by atoms with Gasteiger partial charge >= 0.3 is 0 Å². The van der Waals surface area contributed by atoms with Crippen LogP contribution in [0, 0.1) is 0 Å². The zero-order chi connectivity index (χ0) is 16.0. The second-order valence-corrected chi connectivity index (χ2v) is 4.52. The van der Waals surface area contributed by atoms with Gasteiger partial charge in [0.2, 0.25) is 0 Å². The first kappa shape index (κ1) is 15.8. The smallest absolute Gasteiger partial charge is 0.184 e. The van der Waals surface area contributed by atoms with Gasteiger partial charge in [0, 0.05) is 31.3 Å². The summed E-state index contributed by atoms with van der Waals surface area (Å²) >= 11 is 0. The summed E-state index contributed by atoms with van der Waals surface area (Å²) in [4.78, 5) is 0. The van der Waals surface area contributed by atoms with Crippen LogP contribution < -0.4 is 25.3 Å². The van der Waals surface area contributed by atoms with E-state index in [9.17, 15) is 0 Å². The fourth-order valence-electron chi connectivity index (χ4n) is 2.29. The molecule has 3 N–H and O–H groups in total. The van der Waals surface area contributed by atoms with Gasteiger partial charge in [-0.3, -0.25) is 0 Å². The summed E-state index contributed by atoms with van der Waals surface area (Å²) in [5.41, 5.74) is 10.6. The lowest BCUT2D eigenvalue weighted by atomic mass is 10.2. The van der Waals surface area contributed by atoms with E-state index in [0.29, 0.717) is 0 Å². The number of ether oxygens (including phenoxy) is 2. The summed E-state index contributed by atoms with van der Waals surface area (Å²) in [5, 5.41) is 4.42. The fraction of sp³-hybridized carbons (Fsp3) is 0.188. The lowest BCUT2D eigenvalue weighted by Crippen LogP contribution is -2.49. The first-order valence-electron chi connectivity index (χ1n) is 6.83. The molecule has 0 atom stereocenters. The Hall–Kier alpha value is -2.57. The molecule has 0 saturated carbocycles. The quantitative estimate of drug-likeness (QED) is 0.372. The van der Waals surface area contributed by atoms with E-state index in [4.69, 9.17) is 15.2 Å². The highest BCUT2D eigenvalue weighted by molar-refractivity contribution is 5.62. The maximum atomic E-state index is 5.58. The van der Waals surface area contributed by atoms with Crippen molar-refractivity contribution in [2.75, 3.05) is 21.3 Å². The Morgan fingerprint density at radius 2 is 1.32 bits per heavy atom. The van der Waals surface area contributed by atoms with Gasteiger partial charge in [-0.25, -0.2) is 0 Å². The van der Waals surface area contributed by atoms with E-state index in [1.807, 2.05) is 55.6 Å². The SMILES string of the molecule is CN[N+](N=CN)(c1ccc(OC)cc1)c1ccc(OC)cc1. The number of hydrogen-bond donors (Lipinski definition) is 2. The summed E-state index contributed by atoms with van der Waals surface area (Å²) < 4.78 is 10.4. The van der Waals surface area contributed by atoms with Gasteiger partial charge in [0.05, 0.1) is 14.2 Å². The van der Waals surface area contributed by atoms with Crippen molar-refractivity contribution in [1.29, 1.82) is 0 Å². The molecule has 0 radical (unpaired) electrons. The molecule has 0 aliphatic rings. The summed E-state index contributed by atoms with van der Waals surface area (Å²) in [6, 6.07) is 15.3. The molecule has 0 spiro atoms. The van der Waals surface area contributed by atoms with Crippen LogP contribution in [0.4, 0.5) is 11.4 Å². The second-order valence-electron chi connectivity index (χ2n) is 4.52. The number of hydrogen-bond acceptors (Lipinski definition) is 4. The average Bonchev–Trinajstić information content (AvgIpc) is 2.60. The molecule has 0 heterocycles. The Bertz CT molecular complexity index is 576. The van der Waals surface area contributed by atoms with Crippen molar-refractivity contribution in [2.24, 2.45) is 10.8 Å². The predicted octanol–water partition coefficient (Wildman–Crippen LogP) is 2.38. The molecule has 0 fully saturated rings. The van der Waals surface area contributed by atoms with Crippen LogP contribution in [0.25, 0.3) is 0 Å². The Kier molecular flexibility index (Phi) is 4.98. The third kappa shape index (κ3) is 2.88. The zero-order valence-electron chi connectivity index (χ0n) is 13.0. The van der Waals surface area contributed by atoms with Crippen LogP contribution in [-0.2, 0) is 0 Å². The number of quaternary nitrogens is 1. The number of nitrogens with two attached hydrogens (primary N) is 1. The summed E-state index contributed by atoms with van der Waals surface area (Å²) in [6.45, 7) is 0. The predicted molar refractivity (Wildman–Crippen MR) is 89.2 cm³/mol. The number of nitrogens with one attached hydrogen (secondary N) is 1. The monoisotopic (exact) mass is 301 g/mol. The van der Waals surface area contributed by atoms with E-state index in [1.54, 1.807) is 14.2 Å². The minimum absolute atomic E-state index is 0.0322. The second kappa shape index (κ2) is 6.93. The van der Waals surface area contributed by atoms with E-state index in [1.165, 1.54) is 6.34 Å². The fourth-order valence-corrected chi connectivity index (χ4v) is 2.29. The lowest BCUT2D eigenvalue weighted by Gasteiger charge is -2.29. The lowest BCUT2D eigenvalue weighted by molar-refractivity contribution is 0.322. The minimum atomic E-state index is 0.0322. The van der Waals surface area contributed by atoms with Crippen LogP contribution >= 0.6 is 0 Å². The maximum absolute atomic E-state index is 5.58. The molecule has 0 aromatic heterocycles. The van der Waals surface area contributed by atoms with Crippen molar-refractivity contribution in [2.45, 2.75) is 0 Å². The molecule has 0 aliphatic heterocycles. The van der Waals surface area contributed by atoms with E-state index in [2.05, 4.69) is 10.5 Å². The number of benzene rings is 2. The first-order chi connectivity index (χ1) is 10.7. The molecule has 2 rings (SSSR count). The van der Waals surface area contributed by atoms with E-state index in [-0.39, 0.29) is 4.70 Å². The van der Waals surface area contributed by atoms with Crippen LogP contribution in [0.15, 0.2) is 53.6 Å². The van der Waals surface area contributed by atoms with Gasteiger partial charge in [0.25, 0.3) is 0 Å². The van der Waals surface area contributed by atoms with E-state index < -0.39 is 0 Å². The third-order valence-electron chi connectivity index (χ3n) is 3.46. The molecule has 0 aliphatic carbocycles. The first-order valence-corrected chi connectivity index (χ1v) is 6.83. The number of methoxy groups -OCH3 is 2. The van der Waals surface area contributed by atoms with Gasteiger partial charge in [-0.05, 0) is 29.4 Å². The van der Waals surface area contributed by atoms with Crippen molar-refractivity contribution < 1.29 is 9.47 Å². The van der Waals surface area contributed by atoms with Gasteiger partial charge in [0.1, 0.15) is 17.8 Å². The topological polar surface area (TPSA) is 68.9 Å². The minimum Gasteiger partial charge on any atom is -0.497 e. The van der Waals surface area contributed by atoms with Gasteiger partial charge in [0.15, 0.2) is 11.4 Å². The van der Waals surface area contributed by atoms with Gasteiger partial charge in [-0.15, -0.1) is 5.43 Å². The summed E-state index contributed by atoms with van der Waals surface area (Å²) in [6.07, 6.45) is 1.28. The van der Waals surface area contributed by atoms with Gasteiger partial charge in [-0.1, -0.05) is 4.70 Å². The highest BCUT2D eigenvalue weighted by Gasteiger charge is 2.33. The third-order valence-corrected chi connectivity index (χ3v) is 3.46. The van der Waals surface area contributed by atoms with Crippen molar-refractivity contribution in [3.8, 4) is 11.5 Å². The molecule has 0 saturated heterocycles. The standard InChI is InChI=1S/C16H21N4O2/c1-18-20(19-12-17,13-4-8-15(21-2)9-5-13)14-6-10-16(22-3)11-7-14/h4-12,18H,1-3H3,(H2,17,19)/q+1. The molecule has 0 bridgehead atoms. The average molecular weight is 301 g/mol. The molecule has 6 heteroatoms. The van der Waals surface area contributed by atoms with Crippen LogP contribution in [0.2, 0.25) is 0 Å². The molecular formula is C16H21N4O2+. The molecule has 0 amide bonds. The van der Waals surface area contributed by atoms with Crippen LogP contribution in [-0.4, -0.2) is 27.6 Å². The summed E-state index contributed by atoms with van der Waals surface area (Å²) in [5.74, 6) is 1.56. The molecule has 22 heavy (non-hydrogen) atoms. The van der Waals surface area contributed by atoms with Crippen molar-refractivity contribution in [1.82, 2.24) is 10.1 Å². The van der Waals surface area contributed by atoms with E-state index >= 15 is 0 Å². The highest BCUT2D eigenvalue weighted by atomic mass is 16.5. The van der Waals surface area contributed by atoms with Gasteiger partial charge in [-0.2, -0.15) is 0 Å². The summed E-state index contributed by atoms with van der Waals surface area (Å²) in [7, 11) is 5.09. The van der Waals surface area contributed by atoms with Crippen LogP contribution in [0.5, 0.6) is 11.5 Å². The van der Waals surface area contributed by atoms with Crippen molar-refractivity contribution in [3.05, 3.63) is 48.5 Å². The molecule has 116 valence electrons. The molecular weight excluding hydrogens is 280 g/mol. The highest BCUT2D eigenvalue weighted by Crippen LogP contribution is 2.34. The molecule has 6 nitrogen and oxygen atoms in total. The number of rotatable bonds is 6.